The van der Waals surface area contributed by atoms with Crippen molar-refractivity contribution in [3.8, 4) is 11.5 Å². The van der Waals surface area contributed by atoms with Gasteiger partial charge in [0.15, 0.2) is 17.2 Å². The van der Waals surface area contributed by atoms with Gasteiger partial charge in [0.2, 0.25) is 0 Å². The molecule has 1 aromatic heterocycles. The smallest absolute Gasteiger partial charge is 0.355 e. The fourth-order valence-electron chi connectivity index (χ4n) is 1.72. The van der Waals surface area contributed by atoms with Gasteiger partial charge in [-0.15, -0.1) is 0 Å². The Labute approximate surface area is 101 Å². The number of fused-ring (bicyclic) bond motifs is 1. The molecule has 2 N–H and O–H groups in total. The zero-order chi connectivity index (χ0) is 13.3. The van der Waals surface area contributed by atoms with Crippen molar-refractivity contribution in [3.05, 3.63) is 28.3 Å². The monoisotopic (exact) mass is 250 g/mol. The summed E-state index contributed by atoms with van der Waals surface area (Å²) >= 11 is 0. The van der Waals surface area contributed by atoms with Crippen LogP contribution >= 0.6 is 0 Å². The Morgan fingerprint density at radius 1 is 1.33 bits per heavy atom. The zero-order valence-corrected chi connectivity index (χ0v) is 9.68. The maximum atomic E-state index is 11.3. The highest BCUT2D eigenvalue weighted by atomic mass is 16.5. The number of methoxy groups -OCH3 is 2. The number of benzene rings is 1. The van der Waals surface area contributed by atoms with Crippen LogP contribution in [-0.2, 0) is 0 Å². The highest BCUT2D eigenvalue weighted by Gasteiger charge is 2.19. The summed E-state index contributed by atoms with van der Waals surface area (Å²) < 4.78 is 10.2. The van der Waals surface area contributed by atoms with Gasteiger partial charge in [-0.1, -0.05) is 0 Å². The largest absolute Gasteiger partial charge is 0.493 e. The maximum Gasteiger partial charge on any atom is 0.355 e. The predicted molar refractivity (Wildman–Crippen MR) is 62.4 cm³/mol. The Morgan fingerprint density at radius 2 is 2.06 bits per heavy atom. The van der Waals surface area contributed by atoms with Gasteiger partial charge in [-0.05, 0) is 12.1 Å². The van der Waals surface area contributed by atoms with Gasteiger partial charge in [0.1, 0.15) is 0 Å². The quantitative estimate of drug-likeness (QED) is 0.828. The third-order valence-electron chi connectivity index (χ3n) is 2.44. The second-order valence-electron chi connectivity index (χ2n) is 3.42. The van der Waals surface area contributed by atoms with Crippen molar-refractivity contribution >= 4 is 16.9 Å². The summed E-state index contributed by atoms with van der Waals surface area (Å²) in [6.45, 7) is 0. The molecule has 0 saturated heterocycles. The number of aromatic amines is 1. The average Bonchev–Trinajstić information content (AvgIpc) is 2.35. The van der Waals surface area contributed by atoms with Crippen LogP contribution in [0.5, 0.6) is 11.5 Å². The Kier molecular flexibility index (Phi) is 2.88. The van der Waals surface area contributed by atoms with Crippen LogP contribution < -0.4 is 15.2 Å². The summed E-state index contributed by atoms with van der Waals surface area (Å²) in [7, 11) is 2.82. The van der Waals surface area contributed by atoms with Gasteiger partial charge in [0.05, 0.1) is 25.1 Å². The zero-order valence-electron chi connectivity index (χ0n) is 9.68. The number of rotatable bonds is 3. The molecule has 0 unspecified atom stereocenters. The Morgan fingerprint density at radius 3 is 2.61 bits per heavy atom. The summed E-state index contributed by atoms with van der Waals surface area (Å²) in [5.41, 5.74) is -0.776. The van der Waals surface area contributed by atoms with Crippen LogP contribution in [0.25, 0.3) is 10.9 Å². The number of nitrogens with zero attached hydrogens (tertiary/aromatic N) is 1. The van der Waals surface area contributed by atoms with Gasteiger partial charge in [0.25, 0.3) is 0 Å². The number of carboxylic acids is 1. The Hall–Kier alpha value is -2.57. The molecular formula is C11H10N2O5. The first-order valence-electron chi connectivity index (χ1n) is 4.96. The number of H-pyrrole nitrogens is 1. The summed E-state index contributed by atoms with van der Waals surface area (Å²) in [4.78, 5) is 28.3. The summed E-state index contributed by atoms with van der Waals surface area (Å²) in [6, 6.07) is 3.11. The summed E-state index contributed by atoms with van der Waals surface area (Å²) in [5.74, 6) is -0.727. The number of carboxylic acid groups (broad SMARTS) is 1. The lowest BCUT2D eigenvalue weighted by atomic mass is 10.1. The third kappa shape index (κ3) is 1.75. The normalized spacial score (nSPS) is 10.3. The molecule has 0 fully saturated rings. The van der Waals surface area contributed by atoms with E-state index in [0.29, 0.717) is 11.3 Å². The number of aromatic nitrogens is 2. The van der Waals surface area contributed by atoms with E-state index in [0.717, 1.165) is 0 Å². The summed E-state index contributed by atoms with van der Waals surface area (Å²) in [6.07, 6.45) is 0. The van der Waals surface area contributed by atoms with Crippen LogP contribution in [-0.4, -0.2) is 35.3 Å². The Balaban J connectivity index is 2.98. The molecule has 0 bridgehead atoms. The van der Waals surface area contributed by atoms with Crippen LogP contribution in [0.3, 0.4) is 0 Å². The van der Waals surface area contributed by atoms with E-state index in [1.807, 2.05) is 0 Å². The van der Waals surface area contributed by atoms with Gasteiger partial charge in [-0.2, -0.15) is 4.98 Å². The van der Waals surface area contributed by atoms with Crippen LogP contribution in [0.2, 0.25) is 0 Å². The van der Waals surface area contributed by atoms with E-state index >= 15 is 0 Å². The Bertz CT molecular complexity index is 677. The van der Waals surface area contributed by atoms with Crippen molar-refractivity contribution in [2.45, 2.75) is 0 Å². The average molecular weight is 250 g/mol. The van der Waals surface area contributed by atoms with E-state index in [2.05, 4.69) is 9.97 Å². The molecular weight excluding hydrogens is 240 g/mol. The molecule has 0 aliphatic carbocycles. The molecule has 0 aliphatic rings. The molecule has 2 rings (SSSR count). The number of ether oxygens (including phenoxy) is 2. The second-order valence-corrected chi connectivity index (χ2v) is 3.42. The second kappa shape index (κ2) is 4.36. The van der Waals surface area contributed by atoms with Crippen molar-refractivity contribution in [2.75, 3.05) is 14.2 Å². The first kappa shape index (κ1) is 11.9. The lowest BCUT2D eigenvalue weighted by Crippen LogP contribution is -2.16. The molecule has 94 valence electrons. The molecule has 0 amide bonds. The van der Waals surface area contributed by atoms with E-state index < -0.39 is 11.7 Å². The van der Waals surface area contributed by atoms with E-state index in [-0.39, 0.29) is 16.8 Å². The molecule has 1 heterocycles. The SMILES string of the molecule is COc1ccc2[nH]c(=O)nc(C(=O)O)c2c1OC. The van der Waals surface area contributed by atoms with Gasteiger partial charge in [-0.3, -0.25) is 0 Å². The van der Waals surface area contributed by atoms with Crippen LogP contribution in [0.4, 0.5) is 0 Å². The molecule has 7 nitrogen and oxygen atoms in total. The van der Waals surface area contributed by atoms with E-state index in [4.69, 9.17) is 14.6 Å². The molecule has 0 radical (unpaired) electrons. The molecule has 2 aromatic rings. The summed E-state index contributed by atoms with van der Waals surface area (Å²) in [5, 5.41) is 9.28. The molecule has 0 aliphatic heterocycles. The highest BCUT2D eigenvalue weighted by molar-refractivity contribution is 6.04. The third-order valence-corrected chi connectivity index (χ3v) is 2.44. The first-order chi connectivity index (χ1) is 8.58. The molecule has 0 saturated carbocycles. The maximum absolute atomic E-state index is 11.3. The lowest BCUT2D eigenvalue weighted by molar-refractivity contribution is 0.0692. The van der Waals surface area contributed by atoms with Gasteiger partial charge >= 0.3 is 11.7 Å². The molecule has 18 heavy (non-hydrogen) atoms. The van der Waals surface area contributed by atoms with Crippen molar-refractivity contribution in [1.82, 2.24) is 9.97 Å². The fraction of sp³-hybridized carbons (Fsp3) is 0.182. The topological polar surface area (TPSA) is 102 Å². The molecule has 0 atom stereocenters. The van der Waals surface area contributed by atoms with E-state index in [9.17, 15) is 9.59 Å². The van der Waals surface area contributed by atoms with Gasteiger partial charge < -0.3 is 19.6 Å². The highest BCUT2D eigenvalue weighted by Crippen LogP contribution is 2.35. The van der Waals surface area contributed by atoms with Crippen LogP contribution in [0, 0.1) is 0 Å². The minimum Gasteiger partial charge on any atom is -0.493 e. The lowest BCUT2D eigenvalue weighted by Gasteiger charge is -2.11. The number of hydrogen-bond acceptors (Lipinski definition) is 5. The number of aromatic carboxylic acids is 1. The number of hydrogen-bond donors (Lipinski definition) is 2. The van der Waals surface area contributed by atoms with E-state index in [1.165, 1.54) is 20.3 Å². The van der Waals surface area contributed by atoms with Crippen molar-refractivity contribution in [3.63, 3.8) is 0 Å². The van der Waals surface area contributed by atoms with Crippen molar-refractivity contribution in [1.29, 1.82) is 0 Å². The molecule has 1 aromatic carbocycles. The van der Waals surface area contributed by atoms with E-state index in [1.54, 1.807) is 6.07 Å². The minimum atomic E-state index is -1.31. The number of nitrogens with one attached hydrogen (secondary N) is 1. The minimum absolute atomic E-state index is 0.198. The standard InChI is InChI=1S/C11H10N2O5/c1-17-6-4-3-5-7(9(6)18-2)8(10(14)15)13-11(16)12-5/h3-4H,1-2H3,(H,14,15)(H,12,13,16). The fourth-order valence-corrected chi connectivity index (χ4v) is 1.72. The van der Waals surface area contributed by atoms with Gasteiger partial charge in [0, 0.05) is 0 Å². The molecule has 0 spiro atoms. The number of carbonyl (C=O) groups is 1. The van der Waals surface area contributed by atoms with Crippen molar-refractivity contribution < 1.29 is 19.4 Å². The van der Waals surface area contributed by atoms with Crippen LogP contribution in [0.15, 0.2) is 16.9 Å². The van der Waals surface area contributed by atoms with Crippen molar-refractivity contribution in [2.24, 2.45) is 0 Å². The van der Waals surface area contributed by atoms with Crippen LogP contribution in [0.1, 0.15) is 10.5 Å². The molecule has 7 heteroatoms. The predicted octanol–water partition coefficient (Wildman–Crippen LogP) is 0.638. The van der Waals surface area contributed by atoms with Gasteiger partial charge in [-0.25, -0.2) is 9.59 Å². The first-order valence-corrected chi connectivity index (χ1v) is 4.96.